The first kappa shape index (κ1) is 24.6. The molecule has 0 amide bonds. The van der Waals surface area contributed by atoms with Gasteiger partial charge in [0, 0.05) is 35.5 Å². The summed E-state index contributed by atoms with van der Waals surface area (Å²) >= 11 is 1.77. The average Bonchev–Trinajstić information content (AvgIpc) is 2.79. The Bertz CT molecular complexity index is 957. The van der Waals surface area contributed by atoms with Crippen LogP contribution in [0.3, 0.4) is 0 Å². The van der Waals surface area contributed by atoms with Gasteiger partial charge >= 0.3 is 0 Å². The van der Waals surface area contributed by atoms with Gasteiger partial charge in [-0.25, -0.2) is 4.99 Å². The molecule has 3 rings (SSSR count). The van der Waals surface area contributed by atoms with Crippen molar-refractivity contribution in [3.05, 3.63) is 100 Å². The van der Waals surface area contributed by atoms with Crippen molar-refractivity contribution in [1.29, 1.82) is 0 Å². The number of benzene rings is 2. The van der Waals surface area contributed by atoms with E-state index in [1.54, 1.807) is 30.1 Å². The van der Waals surface area contributed by atoms with E-state index in [2.05, 4.69) is 32.7 Å². The fourth-order valence-corrected chi connectivity index (χ4v) is 3.39. The summed E-state index contributed by atoms with van der Waals surface area (Å²) < 4.78 is 0. The van der Waals surface area contributed by atoms with Crippen LogP contribution in [0.1, 0.15) is 11.3 Å². The molecule has 0 bridgehead atoms. The van der Waals surface area contributed by atoms with E-state index in [4.69, 9.17) is 0 Å². The summed E-state index contributed by atoms with van der Waals surface area (Å²) in [7, 11) is 0. The second-order valence-electron chi connectivity index (χ2n) is 6.35. The molecule has 9 heteroatoms. The molecule has 7 nitrogen and oxygen atoms in total. The van der Waals surface area contributed by atoms with Crippen LogP contribution >= 0.6 is 35.7 Å². The van der Waals surface area contributed by atoms with E-state index in [0.717, 1.165) is 23.6 Å². The van der Waals surface area contributed by atoms with Crippen LogP contribution in [0.4, 0.5) is 5.69 Å². The molecule has 31 heavy (non-hydrogen) atoms. The molecule has 0 aliphatic rings. The Hall–Kier alpha value is -2.66. The highest BCUT2D eigenvalue weighted by atomic mass is 127. The molecule has 0 aliphatic carbocycles. The number of nitro benzene ring substituents is 1. The van der Waals surface area contributed by atoms with E-state index in [1.165, 1.54) is 17.0 Å². The normalized spacial score (nSPS) is 10.8. The first-order chi connectivity index (χ1) is 14.7. The number of nitro groups is 1. The van der Waals surface area contributed by atoms with Gasteiger partial charge in [-0.3, -0.25) is 15.1 Å². The Morgan fingerprint density at radius 3 is 2.42 bits per heavy atom. The number of thioether (sulfide) groups is 1. The maximum atomic E-state index is 10.8. The van der Waals surface area contributed by atoms with Gasteiger partial charge in [-0.15, -0.1) is 35.7 Å². The molecule has 0 radical (unpaired) electrons. The van der Waals surface area contributed by atoms with Crippen molar-refractivity contribution in [2.45, 2.75) is 18.0 Å². The standard InChI is InChI=1S/C22H23N5O2S.HI/c28-27(29)20-11-9-18(10-12-20)16-25-22(26-17-19-6-4-5-13-23-19)24-14-15-30-21-7-2-1-3-8-21;/h1-13H,14-17H2,(H2,24,25,26);1H. The molecule has 2 aromatic carbocycles. The number of pyridine rings is 1. The molecule has 0 saturated carbocycles. The molecule has 1 heterocycles. The predicted octanol–water partition coefficient (Wildman–Crippen LogP) is 4.64. The number of non-ortho nitro benzene ring substituents is 1. The SMILES string of the molecule is I.O=[N+]([O-])c1ccc(CN=C(NCCSc2ccccc2)NCc2ccccn2)cc1. The Balaban J connectivity index is 0.00000341. The Labute approximate surface area is 203 Å². The van der Waals surface area contributed by atoms with Crippen LogP contribution in [0.25, 0.3) is 0 Å². The zero-order valence-electron chi connectivity index (χ0n) is 16.8. The van der Waals surface area contributed by atoms with Crippen molar-refractivity contribution in [3.8, 4) is 0 Å². The van der Waals surface area contributed by atoms with Crippen LogP contribution in [-0.4, -0.2) is 28.2 Å². The summed E-state index contributed by atoms with van der Waals surface area (Å²) in [5, 5.41) is 17.4. The van der Waals surface area contributed by atoms with Gasteiger partial charge in [0.15, 0.2) is 5.96 Å². The van der Waals surface area contributed by atoms with Crippen LogP contribution in [0.15, 0.2) is 88.9 Å². The molecule has 162 valence electrons. The topological polar surface area (TPSA) is 92.5 Å². The van der Waals surface area contributed by atoms with Crippen molar-refractivity contribution in [2.24, 2.45) is 4.99 Å². The van der Waals surface area contributed by atoms with Crippen molar-refractivity contribution in [3.63, 3.8) is 0 Å². The number of nitrogens with zero attached hydrogens (tertiary/aromatic N) is 3. The molecule has 0 atom stereocenters. The summed E-state index contributed by atoms with van der Waals surface area (Å²) in [6, 6.07) is 22.5. The van der Waals surface area contributed by atoms with E-state index in [-0.39, 0.29) is 29.7 Å². The number of hydrogen-bond donors (Lipinski definition) is 2. The van der Waals surface area contributed by atoms with E-state index < -0.39 is 4.92 Å². The zero-order chi connectivity index (χ0) is 21.0. The fraction of sp³-hybridized carbons (Fsp3) is 0.182. The molecule has 0 saturated heterocycles. The Morgan fingerprint density at radius 1 is 1.00 bits per heavy atom. The predicted molar refractivity (Wildman–Crippen MR) is 136 cm³/mol. The highest BCUT2D eigenvalue weighted by Crippen LogP contribution is 2.16. The largest absolute Gasteiger partial charge is 0.356 e. The first-order valence-corrected chi connectivity index (χ1v) is 10.5. The van der Waals surface area contributed by atoms with Crippen LogP contribution < -0.4 is 10.6 Å². The zero-order valence-corrected chi connectivity index (χ0v) is 20.0. The minimum Gasteiger partial charge on any atom is -0.356 e. The van der Waals surface area contributed by atoms with E-state index in [0.29, 0.717) is 19.0 Å². The minimum atomic E-state index is -0.404. The van der Waals surface area contributed by atoms with Gasteiger partial charge < -0.3 is 10.6 Å². The summed E-state index contributed by atoms with van der Waals surface area (Å²) in [4.78, 5) is 20.6. The summed E-state index contributed by atoms with van der Waals surface area (Å²) in [6.45, 7) is 1.72. The molecule has 2 N–H and O–H groups in total. The number of nitrogens with one attached hydrogen (secondary N) is 2. The number of rotatable bonds is 9. The van der Waals surface area contributed by atoms with E-state index in [9.17, 15) is 10.1 Å². The van der Waals surface area contributed by atoms with E-state index >= 15 is 0 Å². The smallest absolute Gasteiger partial charge is 0.269 e. The number of aromatic nitrogens is 1. The lowest BCUT2D eigenvalue weighted by Crippen LogP contribution is -2.38. The molecular weight excluding hydrogens is 525 g/mol. The van der Waals surface area contributed by atoms with Crippen LogP contribution in [0, 0.1) is 10.1 Å². The van der Waals surface area contributed by atoms with Gasteiger partial charge in [0.2, 0.25) is 0 Å². The second kappa shape index (κ2) is 13.6. The maximum Gasteiger partial charge on any atom is 0.269 e. The number of aliphatic imine (C=N–C) groups is 1. The molecule has 1 aromatic heterocycles. The van der Waals surface area contributed by atoms with Crippen molar-refractivity contribution < 1.29 is 4.92 Å². The second-order valence-corrected chi connectivity index (χ2v) is 7.52. The Kier molecular flexibility index (Phi) is 10.8. The monoisotopic (exact) mass is 549 g/mol. The third-order valence-corrected chi connectivity index (χ3v) is 5.15. The molecular formula is C22H24IN5O2S. The van der Waals surface area contributed by atoms with Crippen molar-refractivity contribution in [1.82, 2.24) is 15.6 Å². The summed E-state index contributed by atoms with van der Waals surface area (Å²) in [5.41, 5.74) is 1.89. The van der Waals surface area contributed by atoms with Crippen LogP contribution in [0.5, 0.6) is 0 Å². The number of halogens is 1. The molecule has 3 aromatic rings. The highest BCUT2D eigenvalue weighted by Gasteiger charge is 2.05. The lowest BCUT2D eigenvalue weighted by molar-refractivity contribution is -0.384. The highest BCUT2D eigenvalue weighted by molar-refractivity contribution is 14.0. The van der Waals surface area contributed by atoms with Gasteiger partial charge in [-0.05, 0) is 29.8 Å². The lowest BCUT2D eigenvalue weighted by atomic mass is 10.2. The van der Waals surface area contributed by atoms with Gasteiger partial charge in [0.05, 0.1) is 23.7 Å². The van der Waals surface area contributed by atoms with Crippen molar-refractivity contribution in [2.75, 3.05) is 12.3 Å². The van der Waals surface area contributed by atoms with Gasteiger partial charge in [-0.2, -0.15) is 0 Å². The van der Waals surface area contributed by atoms with Crippen LogP contribution in [-0.2, 0) is 13.1 Å². The van der Waals surface area contributed by atoms with Gasteiger partial charge in [0.1, 0.15) is 0 Å². The van der Waals surface area contributed by atoms with Gasteiger partial charge in [0.25, 0.3) is 5.69 Å². The molecule has 0 unspecified atom stereocenters. The fourth-order valence-electron chi connectivity index (χ4n) is 2.60. The molecule has 0 fully saturated rings. The third kappa shape index (κ3) is 8.93. The summed E-state index contributed by atoms with van der Waals surface area (Å²) in [6.07, 6.45) is 1.76. The molecule has 0 spiro atoms. The number of guanidine groups is 1. The third-order valence-electron chi connectivity index (χ3n) is 4.14. The maximum absolute atomic E-state index is 10.8. The summed E-state index contributed by atoms with van der Waals surface area (Å²) in [5.74, 6) is 1.57. The quantitative estimate of drug-likeness (QED) is 0.0769. The molecule has 0 aliphatic heterocycles. The van der Waals surface area contributed by atoms with Crippen LogP contribution in [0.2, 0.25) is 0 Å². The van der Waals surface area contributed by atoms with Gasteiger partial charge in [-0.1, -0.05) is 36.4 Å². The number of hydrogen-bond acceptors (Lipinski definition) is 5. The first-order valence-electron chi connectivity index (χ1n) is 9.54. The minimum absolute atomic E-state index is 0. The van der Waals surface area contributed by atoms with E-state index in [1.807, 2.05) is 36.4 Å². The lowest BCUT2D eigenvalue weighted by Gasteiger charge is -2.12. The average molecular weight is 549 g/mol. The van der Waals surface area contributed by atoms with Crippen molar-refractivity contribution >= 4 is 47.4 Å². The Morgan fingerprint density at radius 2 is 1.74 bits per heavy atom.